The number of carbonyl (C=O) groups is 2. The van der Waals surface area contributed by atoms with Crippen LogP contribution in [-0.2, 0) is 20.9 Å². The molecule has 7 heteroatoms. The maximum absolute atomic E-state index is 10.9. The largest absolute Gasteiger partial charge is 0.391 e. The predicted octanol–water partition coefficient (Wildman–Crippen LogP) is -0.737. The van der Waals surface area contributed by atoms with Crippen LogP contribution in [0.2, 0.25) is 0 Å². The molecule has 1 aliphatic heterocycles. The number of hydrogen-bond acceptors (Lipinski definition) is 7. The van der Waals surface area contributed by atoms with E-state index in [4.69, 9.17) is 4.52 Å². The third-order valence-electron chi connectivity index (χ3n) is 1.86. The Hall–Kier alpha value is -1.76. The first-order chi connectivity index (χ1) is 7.13. The average molecular weight is 211 g/mol. The average Bonchev–Trinajstić information content (AvgIpc) is 2.49. The van der Waals surface area contributed by atoms with E-state index in [-0.39, 0.29) is 19.6 Å². The number of aryl methyl sites for hydroxylation is 1. The third-order valence-corrected chi connectivity index (χ3v) is 1.86. The summed E-state index contributed by atoms with van der Waals surface area (Å²) in [6.45, 7) is 2.10. The molecule has 0 saturated carbocycles. The first kappa shape index (κ1) is 9.78. The molecule has 0 amide bonds. The van der Waals surface area contributed by atoms with E-state index < -0.39 is 11.9 Å². The predicted molar refractivity (Wildman–Crippen MR) is 45.4 cm³/mol. The van der Waals surface area contributed by atoms with E-state index in [0.29, 0.717) is 11.7 Å². The molecular weight excluding hydrogens is 202 g/mol. The first-order valence-corrected chi connectivity index (χ1v) is 4.38. The number of aromatic nitrogens is 2. The van der Waals surface area contributed by atoms with Crippen LogP contribution < -0.4 is 0 Å². The van der Waals surface area contributed by atoms with Gasteiger partial charge < -0.3 is 9.26 Å². The lowest BCUT2D eigenvalue weighted by Gasteiger charge is -2.21. The van der Waals surface area contributed by atoms with Gasteiger partial charge in [-0.05, 0) is 6.92 Å². The van der Waals surface area contributed by atoms with Gasteiger partial charge in [-0.15, -0.1) is 0 Å². The van der Waals surface area contributed by atoms with E-state index in [1.807, 2.05) is 0 Å². The normalized spacial score (nSPS) is 17.9. The van der Waals surface area contributed by atoms with Gasteiger partial charge in [0.25, 0.3) is 0 Å². The van der Waals surface area contributed by atoms with Crippen molar-refractivity contribution in [1.29, 1.82) is 0 Å². The van der Waals surface area contributed by atoms with Crippen molar-refractivity contribution >= 4 is 11.9 Å². The molecule has 0 spiro atoms. The van der Waals surface area contributed by atoms with Gasteiger partial charge in [-0.25, -0.2) is 0 Å². The van der Waals surface area contributed by atoms with E-state index in [9.17, 15) is 9.59 Å². The van der Waals surface area contributed by atoms with Gasteiger partial charge in [0.2, 0.25) is 5.89 Å². The standard InChI is InChI=1S/C8H9N3O4/c1-5-9-6(15-10-5)2-11-3-7(12)14-8(13)4-11/h2-4H2,1H3. The van der Waals surface area contributed by atoms with Gasteiger partial charge in [0.1, 0.15) is 0 Å². The SMILES string of the molecule is Cc1noc(CN2CC(=O)OC(=O)C2)n1. The lowest BCUT2D eigenvalue weighted by atomic mass is 10.4. The Labute approximate surface area is 85.0 Å². The quantitative estimate of drug-likeness (QED) is 0.470. The smallest absolute Gasteiger partial charge is 0.327 e. The highest BCUT2D eigenvalue weighted by atomic mass is 16.6. The number of esters is 2. The summed E-state index contributed by atoms with van der Waals surface area (Å²) in [4.78, 5) is 27.4. The molecule has 2 rings (SSSR count). The summed E-state index contributed by atoms with van der Waals surface area (Å²) in [6, 6.07) is 0. The second-order valence-corrected chi connectivity index (χ2v) is 3.23. The molecule has 0 aromatic carbocycles. The highest BCUT2D eigenvalue weighted by Gasteiger charge is 2.25. The number of carbonyl (C=O) groups excluding carboxylic acids is 2. The molecule has 1 aromatic rings. The third kappa shape index (κ3) is 2.38. The van der Waals surface area contributed by atoms with E-state index in [1.165, 1.54) is 0 Å². The number of nitrogens with zero attached hydrogens (tertiary/aromatic N) is 3. The number of morpholine rings is 1. The Morgan fingerprint density at radius 1 is 1.33 bits per heavy atom. The Bertz CT molecular complexity index is 384. The molecule has 1 aromatic heterocycles. The summed E-state index contributed by atoms with van der Waals surface area (Å²) in [6.07, 6.45) is 0. The molecule has 2 heterocycles. The van der Waals surface area contributed by atoms with Crippen LogP contribution in [0.25, 0.3) is 0 Å². The fraction of sp³-hybridized carbons (Fsp3) is 0.500. The maximum atomic E-state index is 10.9. The summed E-state index contributed by atoms with van der Waals surface area (Å²) >= 11 is 0. The van der Waals surface area contributed by atoms with Gasteiger partial charge in [0.15, 0.2) is 5.82 Å². The molecule has 0 bridgehead atoms. The Morgan fingerprint density at radius 3 is 2.53 bits per heavy atom. The van der Waals surface area contributed by atoms with Crippen LogP contribution in [0, 0.1) is 6.92 Å². The molecule has 0 atom stereocenters. The van der Waals surface area contributed by atoms with Crippen molar-refractivity contribution < 1.29 is 18.8 Å². The molecule has 15 heavy (non-hydrogen) atoms. The van der Waals surface area contributed by atoms with E-state index in [2.05, 4.69) is 14.9 Å². The van der Waals surface area contributed by atoms with Gasteiger partial charge in [0, 0.05) is 0 Å². The fourth-order valence-electron chi connectivity index (χ4n) is 1.32. The van der Waals surface area contributed by atoms with Crippen LogP contribution in [0.4, 0.5) is 0 Å². The molecule has 80 valence electrons. The first-order valence-electron chi connectivity index (χ1n) is 4.38. The van der Waals surface area contributed by atoms with Crippen molar-refractivity contribution in [1.82, 2.24) is 15.0 Å². The van der Waals surface area contributed by atoms with Gasteiger partial charge in [0.05, 0.1) is 19.6 Å². The number of rotatable bonds is 2. The Kier molecular flexibility index (Phi) is 2.46. The fourth-order valence-corrected chi connectivity index (χ4v) is 1.32. The lowest BCUT2D eigenvalue weighted by molar-refractivity contribution is -0.167. The molecule has 1 aliphatic rings. The summed E-state index contributed by atoms with van der Waals surface area (Å²) < 4.78 is 9.24. The monoisotopic (exact) mass is 211 g/mol. The molecular formula is C8H9N3O4. The zero-order valence-corrected chi connectivity index (χ0v) is 8.10. The van der Waals surface area contributed by atoms with E-state index in [1.54, 1.807) is 11.8 Å². The van der Waals surface area contributed by atoms with Gasteiger partial charge in [-0.2, -0.15) is 4.98 Å². The van der Waals surface area contributed by atoms with Crippen LogP contribution in [0.1, 0.15) is 11.7 Å². The van der Waals surface area contributed by atoms with Crippen molar-refractivity contribution in [2.45, 2.75) is 13.5 Å². The highest BCUT2D eigenvalue weighted by molar-refractivity contribution is 5.90. The number of hydrogen-bond donors (Lipinski definition) is 0. The lowest BCUT2D eigenvalue weighted by Crippen LogP contribution is -2.42. The van der Waals surface area contributed by atoms with Crippen molar-refractivity contribution in [3.8, 4) is 0 Å². The maximum Gasteiger partial charge on any atom is 0.327 e. The van der Waals surface area contributed by atoms with E-state index >= 15 is 0 Å². The van der Waals surface area contributed by atoms with E-state index in [0.717, 1.165) is 0 Å². The Balaban J connectivity index is 2.00. The van der Waals surface area contributed by atoms with Crippen molar-refractivity contribution in [2.24, 2.45) is 0 Å². The molecule has 1 saturated heterocycles. The van der Waals surface area contributed by atoms with Crippen molar-refractivity contribution in [3.63, 3.8) is 0 Å². The van der Waals surface area contributed by atoms with Crippen LogP contribution in [-0.4, -0.2) is 40.1 Å². The zero-order chi connectivity index (χ0) is 10.8. The van der Waals surface area contributed by atoms with Gasteiger partial charge >= 0.3 is 11.9 Å². The van der Waals surface area contributed by atoms with Crippen LogP contribution in [0.15, 0.2) is 4.52 Å². The Morgan fingerprint density at radius 2 is 2.00 bits per heavy atom. The van der Waals surface area contributed by atoms with Crippen LogP contribution >= 0.6 is 0 Å². The minimum atomic E-state index is -0.553. The molecule has 1 fully saturated rings. The van der Waals surface area contributed by atoms with Crippen LogP contribution in [0.3, 0.4) is 0 Å². The van der Waals surface area contributed by atoms with Crippen molar-refractivity contribution in [2.75, 3.05) is 13.1 Å². The van der Waals surface area contributed by atoms with Gasteiger partial charge in [-0.3, -0.25) is 14.5 Å². The van der Waals surface area contributed by atoms with Crippen molar-refractivity contribution in [3.05, 3.63) is 11.7 Å². The minimum Gasteiger partial charge on any atom is -0.391 e. The van der Waals surface area contributed by atoms with Crippen LogP contribution in [0.5, 0.6) is 0 Å². The molecule has 0 aliphatic carbocycles. The molecule has 0 N–H and O–H groups in total. The number of ether oxygens (including phenoxy) is 1. The zero-order valence-electron chi connectivity index (χ0n) is 8.10. The summed E-state index contributed by atoms with van der Waals surface area (Å²) in [5, 5.41) is 3.61. The minimum absolute atomic E-state index is 0.0627. The summed E-state index contributed by atoms with van der Waals surface area (Å²) in [5.74, 6) is -0.198. The topological polar surface area (TPSA) is 85.5 Å². The molecule has 0 unspecified atom stereocenters. The summed E-state index contributed by atoms with van der Waals surface area (Å²) in [7, 11) is 0. The molecule has 7 nitrogen and oxygen atoms in total. The summed E-state index contributed by atoms with van der Waals surface area (Å²) in [5.41, 5.74) is 0. The second kappa shape index (κ2) is 3.77. The number of cyclic esters (lactones) is 2. The molecule has 0 radical (unpaired) electrons. The second-order valence-electron chi connectivity index (χ2n) is 3.23. The van der Waals surface area contributed by atoms with Gasteiger partial charge in [-0.1, -0.05) is 5.16 Å². The highest BCUT2D eigenvalue weighted by Crippen LogP contribution is 2.06.